The Balaban J connectivity index is 1.77. The minimum absolute atomic E-state index is 0.187. The summed E-state index contributed by atoms with van der Waals surface area (Å²) in [6, 6.07) is 10.2. The minimum atomic E-state index is -0.979. The van der Waals surface area contributed by atoms with Gasteiger partial charge in [-0.3, -0.25) is 4.79 Å². The Morgan fingerprint density at radius 2 is 2.14 bits per heavy atom. The van der Waals surface area contributed by atoms with E-state index in [9.17, 15) is 9.18 Å². The second kappa shape index (κ2) is 8.21. The molecule has 1 aromatic heterocycles. The summed E-state index contributed by atoms with van der Waals surface area (Å²) in [6.45, 7) is 0.595. The molecule has 2 heterocycles. The molecule has 1 fully saturated rings. The maximum absolute atomic E-state index is 14.2. The lowest BCUT2D eigenvalue weighted by atomic mass is 10.1. The molecular weight excluding hydrogens is 359 g/mol. The van der Waals surface area contributed by atoms with Crippen LogP contribution >= 0.6 is 0 Å². The predicted octanol–water partition coefficient (Wildman–Crippen LogP) is 2.10. The molecule has 0 bridgehead atoms. The molecule has 28 heavy (non-hydrogen) atoms. The van der Waals surface area contributed by atoms with Crippen molar-refractivity contribution in [2.45, 2.75) is 18.6 Å². The van der Waals surface area contributed by atoms with Crippen molar-refractivity contribution in [1.29, 1.82) is 5.26 Å². The second-order valence-corrected chi connectivity index (χ2v) is 7.13. The van der Waals surface area contributed by atoms with Crippen LogP contribution in [0, 0.1) is 11.3 Å². The average molecular weight is 382 g/mol. The first-order valence-corrected chi connectivity index (χ1v) is 9.05. The highest BCUT2D eigenvalue weighted by Crippen LogP contribution is 2.27. The van der Waals surface area contributed by atoms with Crippen molar-refractivity contribution in [3.63, 3.8) is 0 Å². The molecule has 0 spiro atoms. The van der Waals surface area contributed by atoms with Crippen molar-refractivity contribution in [2.24, 2.45) is 0 Å². The third-order valence-corrected chi connectivity index (χ3v) is 4.76. The number of amides is 1. The van der Waals surface area contributed by atoms with Crippen molar-refractivity contribution in [3.8, 4) is 6.07 Å². The van der Waals surface area contributed by atoms with Gasteiger partial charge < -0.3 is 14.7 Å². The number of nitrogens with zero attached hydrogens (tertiary/aromatic N) is 6. The van der Waals surface area contributed by atoms with Gasteiger partial charge in [0.25, 0.3) is 5.91 Å². The van der Waals surface area contributed by atoms with E-state index in [2.05, 4.69) is 9.97 Å². The van der Waals surface area contributed by atoms with Crippen LogP contribution in [0.1, 0.15) is 22.3 Å². The number of nitriles is 1. The zero-order valence-electron chi connectivity index (χ0n) is 16.2. The molecule has 1 aliphatic rings. The Hall–Kier alpha value is -3.21. The van der Waals surface area contributed by atoms with Crippen LogP contribution in [-0.4, -0.2) is 67.2 Å². The number of likely N-dealkylation sites (N-methyl/N-ethyl adjacent to an activating group) is 1. The highest BCUT2D eigenvalue weighted by Gasteiger charge is 2.34. The Labute approximate surface area is 164 Å². The number of carbonyl (C=O) groups excluding carboxylic acids is 1. The van der Waals surface area contributed by atoms with Gasteiger partial charge in [-0.2, -0.15) is 10.2 Å². The fourth-order valence-corrected chi connectivity index (χ4v) is 3.37. The number of halogens is 1. The molecule has 0 aliphatic carbocycles. The zero-order valence-corrected chi connectivity index (χ0v) is 16.2. The highest BCUT2D eigenvalue weighted by molar-refractivity contribution is 5.94. The van der Waals surface area contributed by atoms with Crippen LogP contribution in [0.5, 0.6) is 0 Å². The van der Waals surface area contributed by atoms with E-state index in [-0.39, 0.29) is 18.5 Å². The average Bonchev–Trinajstić information content (AvgIpc) is 3.07. The van der Waals surface area contributed by atoms with Crippen molar-refractivity contribution >= 4 is 17.7 Å². The smallest absolute Gasteiger partial charge is 0.253 e. The van der Waals surface area contributed by atoms with Crippen LogP contribution in [0.15, 0.2) is 36.5 Å². The molecule has 146 valence electrons. The number of aromatic nitrogens is 2. The van der Waals surface area contributed by atoms with Crippen molar-refractivity contribution in [1.82, 2.24) is 14.9 Å². The molecule has 1 amide bonds. The molecule has 1 aromatic carbocycles. The molecule has 8 heteroatoms. The normalized spacial score (nSPS) is 18.6. The highest BCUT2D eigenvalue weighted by atomic mass is 19.1. The summed E-state index contributed by atoms with van der Waals surface area (Å²) in [4.78, 5) is 26.7. The van der Waals surface area contributed by atoms with E-state index in [4.69, 9.17) is 5.26 Å². The number of hydrogen-bond acceptors (Lipinski definition) is 6. The maximum atomic E-state index is 14.2. The summed E-state index contributed by atoms with van der Waals surface area (Å²) in [7, 11) is 5.39. The Morgan fingerprint density at radius 1 is 1.36 bits per heavy atom. The third kappa shape index (κ3) is 4.19. The van der Waals surface area contributed by atoms with Gasteiger partial charge in [0.1, 0.15) is 12.0 Å². The predicted molar refractivity (Wildman–Crippen MR) is 105 cm³/mol. The number of anilines is 2. The van der Waals surface area contributed by atoms with Gasteiger partial charge in [-0.15, -0.1) is 0 Å². The quantitative estimate of drug-likeness (QED) is 0.788. The lowest BCUT2D eigenvalue weighted by Crippen LogP contribution is -2.41. The van der Waals surface area contributed by atoms with Crippen LogP contribution < -0.4 is 9.80 Å². The third-order valence-electron chi connectivity index (χ3n) is 4.76. The second-order valence-electron chi connectivity index (χ2n) is 7.13. The van der Waals surface area contributed by atoms with E-state index in [1.54, 1.807) is 53.4 Å². The fourth-order valence-electron chi connectivity index (χ4n) is 3.37. The molecule has 0 saturated carbocycles. The number of hydrogen-bond donors (Lipinski definition) is 0. The summed E-state index contributed by atoms with van der Waals surface area (Å²) >= 11 is 0. The molecule has 2 aromatic rings. The molecular formula is C20H23FN6O. The van der Waals surface area contributed by atoms with Gasteiger partial charge in [0.2, 0.25) is 5.95 Å². The van der Waals surface area contributed by atoms with Crippen molar-refractivity contribution in [3.05, 3.63) is 47.7 Å². The van der Waals surface area contributed by atoms with Gasteiger partial charge in [0.05, 0.1) is 24.2 Å². The van der Waals surface area contributed by atoms with Gasteiger partial charge in [-0.05, 0) is 24.3 Å². The van der Waals surface area contributed by atoms with Crippen LogP contribution in [0.25, 0.3) is 0 Å². The minimum Gasteiger partial charge on any atom is -0.349 e. The largest absolute Gasteiger partial charge is 0.349 e. The molecule has 0 unspecified atom stereocenters. The van der Waals surface area contributed by atoms with Crippen molar-refractivity contribution in [2.75, 3.05) is 44.0 Å². The first-order chi connectivity index (χ1) is 13.4. The number of rotatable bonds is 5. The molecule has 0 radical (unpaired) electrons. The topological polar surface area (TPSA) is 76.4 Å². The standard InChI is InChI=1S/C20H23FN6O/c1-25(2)20-23-8-7-18(24-20)27-12-16(21)10-17(27)13-26(3)19(28)15-6-4-5-14(9-15)11-22/h4-9,16-17H,10,12-13H2,1-3H3/t16-,17-/m0/s1. The van der Waals surface area contributed by atoms with Gasteiger partial charge in [0.15, 0.2) is 0 Å². The summed E-state index contributed by atoms with van der Waals surface area (Å²) in [5.41, 5.74) is 0.877. The van der Waals surface area contributed by atoms with Gasteiger partial charge in [-0.25, -0.2) is 9.37 Å². The first kappa shape index (κ1) is 19.5. The number of alkyl halides is 1. The number of carbonyl (C=O) groups is 1. The van der Waals surface area contributed by atoms with E-state index in [0.29, 0.717) is 35.9 Å². The zero-order chi connectivity index (χ0) is 20.3. The van der Waals surface area contributed by atoms with E-state index in [0.717, 1.165) is 0 Å². The van der Waals surface area contributed by atoms with Crippen LogP contribution in [0.2, 0.25) is 0 Å². The molecule has 1 saturated heterocycles. The van der Waals surface area contributed by atoms with Crippen LogP contribution in [0.3, 0.4) is 0 Å². The Morgan fingerprint density at radius 3 is 2.86 bits per heavy atom. The monoisotopic (exact) mass is 382 g/mol. The van der Waals surface area contributed by atoms with E-state index in [1.165, 1.54) is 0 Å². The van der Waals surface area contributed by atoms with Gasteiger partial charge >= 0.3 is 0 Å². The molecule has 7 nitrogen and oxygen atoms in total. The maximum Gasteiger partial charge on any atom is 0.253 e. The molecule has 1 aliphatic heterocycles. The first-order valence-electron chi connectivity index (χ1n) is 9.05. The van der Waals surface area contributed by atoms with E-state index >= 15 is 0 Å². The summed E-state index contributed by atoms with van der Waals surface area (Å²) < 4.78 is 14.2. The summed E-state index contributed by atoms with van der Waals surface area (Å²) in [6.07, 6.45) is 1.01. The van der Waals surface area contributed by atoms with Crippen molar-refractivity contribution < 1.29 is 9.18 Å². The molecule has 2 atom stereocenters. The lowest BCUT2D eigenvalue weighted by Gasteiger charge is -2.29. The Kier molecular flexibility index (Phi) is 5.73. The SMILES string of the molecule is CN(C[C@@H]1C[C@H](F)CN1c1ccnc(N(C)C)n1)C(=O)c1cccc(C#N)c1. The van der Waals surface area contributed by atoms with E-state index < -0.39 is 6.17 Å². The summed E-state index contributed by atoms with van der Waals surface area (Å²) in [5, 5.41) is 9.02. The fraction of sp³-hybridized carbons (Fsp3) is 0.400. The number of benzene rings is 1. The molecule has 0 N–H and O–H groups in total. The van der Waals surface area contributed by atoms with Gasteiger partial charge in [0, 0.05) is 45.9 Å². The van der Waals surface area contributed by atoms with Gasteiger partial charge in [-0.1, -0.05) is 6.07 Å². The summed E-state index contributed by atoms with van der Waals surface area (Å²) in [5.74, 6) is 1.00. The lowest BCUT2D eigenvalue weighted by molar-refractivity contribution is 0.0786. The molecule has 3 rings (SSSR count). The van der Waals surface area contributed by atoms with Crippen LogP contribution in [0.4, 0.5) is 16.2 Å². The van der Waals surface area contributed by atoms with Crippen LogP contribution in [-0.2, 0) is 0 Å². The Bertz CT molecular complexity index is 896. The van der Waals surface area contributed by atoms with E-state index in [1.807, 2.05) is 25.1 Å².